The molecule has 156 valence electrons. The Labute approximate surface area is 163 Å². The second-order valence-corrected chi connectivity index (χ2v) is 8.48. The highest BCUT2D eigenvalue weighted by molar-refractivity contribution is 7.82. The molecule has 0 saturated heterocycles. The maximum Gasteiger partial charge on any atom is 0.448 e. The van der Waals surface area contributed by atoms with Gasteiger partial charge in [0.1, 0.15) is 17.5 Å². The number of carbonyl (C=O) groups excluding carboxylic acids is 1. The smallest absolute Gasteiger partial charge is 0.404 e. The third kappa shape index (κ3) is 4.75. The van der Waals surface area contributed by atoms with Gasteiger partial charge in [-0.1, -0.05) is 20.8 Å². The molecule has 1 amide bonds. The van der Waals surface area contributed by atoms with Gasteiger partial charge >= 0.3 is 16.5 Å². The molecule has 1 atom stereocenters. The molecule has 0 aromatic carbocycles. The number of carbonyl (C=O) groups is 1. The van der Waals surface area contributed by atoms with E-state index >= 15 is 0 Å². The SMILES string of the molecule is COS(=O)(=O)OC1=CC=CN(C)C1Cn1nc(C(C)(C)C)c(OC(N)=O)c1N. The average Bonchev–Trinajstić information content (AvgIpc) is 2.86. The van der Waals surface area contributed by atoms with Gasteiger partial charge < -0.3 is 25.3 Å². The number of ether oxygens (including phenoxy) is 1. The molecule has 0 spiro atoms. The van der Waals surface area contributed by atoms with Gasteiger partial charge in [-0.25, -0.2) is 13.7 Å². The monoisotopic (exact) mass is 415 g/mol. The minimum Gasteiger partial charge on any atom is -0.404 e. The number of likely N-dealkylation sites (N-methyl/N-ethyl adjacent to an activating group) is 1. The summed E-state index contributed by atoms with van der Waals surface area (Å²) in [5.74, 6) is 0.280. The van der Waals surface area contributed by atoms with Crippen molar-refractivity contribution in [3.8, 4) is 5.75 Å². The minimum absolute atomic E-state index is 0.0740. The Morgan fingerprint density at radius 2 is 2.00 bits per heavy atom. The first kappa shape index (κ1) is 21.6. The molecule has 1 aliphatic rings. The molecule has 28 heavy (non-hydrogen) atoms. The molecular formula is C16H25N5O6S. The van der Waals surface area contributed by atoms with E-state index < -0.39 is 27.9 Å². The summed E-state index contributed by atoms with van der Waals surface area (Å²) in [7, 11) is -1.46. The molecule has 0 fully saturated rings. The predicted molar refractivity (Wildman–Crippen MR) is 101 cm³/mol. The first-order valence-corrected chi connectivity index (χ1v) is 9.63. The van der Waals surface area contributed by atoms with E-state index in [0.29, 0.717) is 5.69 Å². The van der Waals surface area contributed by atoms with Crippen LogP contribution in [-0.2, 0) is 30.7 Å². The first-order chi connectivity index (χ1) is 12.9. The number of aromatic nitrogens is 2. The number of hydrogen-bond acceptors (Lipinski definition) is 9. The van der Waals surface area contributed by atoms with E-state index in [-0.39, 0.29) is 23.9 Å². The number of anilines is 1. The van der Waals surface area contributed by atoms with Gasteiger partial charge in [-0.15, -0.1) is 0 Å². The summed E-state index contributed by atoms with van der Waals surface area (Å²) in [5.41, 5.74) is 11.2. The summed E-state index contributed by atoms with van der Waals surface area (Å²) in [5, 5.41) is 4.46. The zero-order chi connectivity index (χ0) is 21.3. The van der Waals surface area contributed by atoms with Crippen LogP contribution in [0.1, 0.15) is 26.5 Å². The van der Waals surface area contributed by atoms with E-state index in [1.165, 1.54) is 10.8 Å². The number of primary amides is 1. The van der Waals surface area contributed by atoms with Gasteiger partial charge in [0.25, 0.3) is 0 Å². The van der Waals surface area contributed by atoms with Gasteiger partial charge in [-0.2, -0.15) is 13.5 Å². The predicted octanol–water partition coefficient (Wildman–Crippen LogP) is 0.840. The molecule has 1 aliphatic heterocycles. The van der Waals surface area contributed by atoms with Crippen LogP contribution in [0, 0.1) is 0 Å². The van der Waals surface area contributed by atoms with Gasteiger partial charge in [0.2, 0.25) is 0 Å². The van der Waals surface area contributed by atoms with Crippen molar-refractivity contribution in [2.24, 2.45) is 5.73 Å². The summed E-state index contributed by atoms with van der Waals surface area (Å²) in [6.07, 6.45) is 3.87. The minimum atomic E-state index is -4.20. The molecule has 0 aliphatic carbocycles. The molecule has 0 saturated carbocycles. The van der Waals surface area contributed by atoms with Crippen molar-refractivity contribution in [1.82, 2.24) is 14.7 Å². The van der Waals surface area contributed by atoms with Crippen molar-refractivity contribution in [2.45, 2.75) is 38.8 Å². The van der Waals surface area contributed by atoms with Crippen molar-refractivity contribution in [3.05, 3.63) is 29.8 Å². The maximum absolute atomic E-state index is 11.7. The van der Waals surface area contributed by atoms with Crippen molar-refractivity contribution in [3.63, 3.8) is 0 Å². The molecule has 2 heterocycles. The Morgan fingerprint density at radius 3 is 2.54 bits per heavy atom. The number of amides is 1. The van der Waals surface area contributed by atoms with E-state index in [1.807, 2.05) is 20.8 Å². The Balaban J connectivity index is 2.42. The molecule has 1 aromatic rings. The standard InChI is InChI=1S/C16H25N5O6S/c1-16(2,3)13-12(26-15(18)22)14(17)21(19-13)9-10-11(7-6-8-20(10)4)27-28(23,24)25-5/h6-8,10H,9,17H2,1-5H3,(H2,18,22). The van der Waals surface area contributed by atoms with Gasteiger partial charge in [-0.05, 0) is 18.4 Å². The van der Waals surface area contributed by atoms with Gasteiger partial charge in [-0.3, -0.25) is 0 Å². The fourth-order valence-corrected chi connectivity index (χ4v) is 3.07. The van der Waals surface area contributed by atoms with Crippen LogP contribution in [0.2, 0.25) is 0 Å². The summed E-state index contributed by atoms with van der Waals surface area (Å²) in [6.45, 7) is 5.75. The van der Waals surface area contributed by atoms with Crippen LogP contribution in [0.4, 0.5) is 10.6 Å². The molecule has 1 unspecified atom stereocenters. The lowest BCUT2D eigenvalue weighted by Crippen LogP contribution is -2.37. The third-order valence-corrected chi connectivity index (χ3v) is 4.81. The van der Waals surface area contributed by atoms with Crippen LogP contribution in [0.15, 0.2) is 24.1 Å². The number of nitrogens with zero attached hydrogens (tertiary/aromatic N) is 3. The Morgan fingerprint density at radius 1 is 1.36 bits per heavy atom. The largest absolute Gasteiger partial charge is 0.448 e. The summed E-state index contributed by atoms with van der Waals surface area (Å²) in [6, 6.07) is -0.564. The third-order valence-electron chi connectivity index (χ3n) is 4.01. The zero-order valence-electron chi connectivity index (χ0n) is 16.4. The van der Waals surface area contributed by atoms with Crippen LogP contribution >= 0.6 is 0 Å². The normalized spacial score (nSPS) is 17.4. The first-order valence-electron chi connectivity index (χ1n) is 8.30. The molecule has 11 nitrogen and oxygen atoms in total. The fourth-order valence-electron chi connectivity index (χ4n) is 2.60. The van der Waals surface area contributed by atoms with E-state index in [0.717, 1.165) is 7.11 Å². The average molecular weight is 415 g/mol. The number of allylic oxidation sites excluding steroid dienone is 2. The molecule has 12 heteroatoms. The second kappa shape index (κ2) is 7.72. The van der Waals surface area contributed by atoms with Crippen molar-refractivity contribution < 1.29 is 26.3 Å². The van der Waals surface area contributed by atoms with Crippen LogP contribution in [0.3, 0.4) is 0 Å². The summed E-state index contributed by atoms with van der Waals surface area (Å²) in [4.78, 5) is 13.0. The van der Waals surface area contributed by atoms with Gasteiger partial charge in [0.15, 0.2) is 11.6 Å². The van der Waals surface area contributed by atoms with Crippen LogP contribution < -0.4 is 16.2 Å². The van der Waals surface area contributed by atoms with Crippen molar-refractivity contribution in [1.29, 1.82) is 0 Å². The number of nitrogen functional groups attached to an aromatic ring is 1. The van der Waals surface area contributed by atoms with E-state index in [4.69, 9.17) is 20.4 Å². The Hall–Kier alpha value is -2.73. The number of rotatable bonds is 6. The van der Waals surface area contributed by atoms with E-state index in [1.54, 1.807) is 24.2 Å². The zero-order valence-corrected chi connectivity index (χ0v) is 17.2. The molecule has 0 bridgehead atoms. The number of nitrogens with two attached hydrogens (primary N) is 2. The van der Waals surface area contributed by atoms with Gasteiger partial charge in [0, 0.05) is 12.5 Å². The lowest BCUT2D eigenvalue weighted by atomic mass is 9.92. The lowest BCUT2D eigenvalue weighted by molar-refractivity contribution is 0.209. The molecular weight excluding hydrogens is 390 g/mol. The highest BCUT2D eigenvalue weighted by atomic mass is 32.3. The maximum atomic E-state index is 11.7. The summed E-state index contributed by atoms with van der Waals surface area (Å²) < 4.78 is 39.3. The van der Waals surface area contributed by atoms with Crippen molar-refractivity contribution >= 4 is 22.3 Å². The number of hydrogen-bond donors (Lipinski definition) is 2. The van der Waals surface area contributed by atoms with Crippen LogP contribution in [0.25, 0.3) is 0 Å². The van der Waals surface area contributed by atoms with Crippen LogP contribution in [-0.4, -0.2) is 49.4 Å². The second-order valence-electron chi connectivity index (χ2n) is 7.17. The Bertz CT molecular complexity index is 913. The quantitative estimate of drug-likeness (QED) is 0.688. The molecule has 1 aromatic heterocycles. The lowest BCUT2D eigenvalue weighted by Gasteiger charge is -2.30. The topological polar surface area (TPSA) is 152 Å². The molecule has 0 radical (unpaired) electrons. The highest BCUT2D eigenvalue weighted by Crippen LogP contribution is 2.36. The highest BCUT2D eigenvalue weighted by Gasteiger charge is 2.32. The summed E-state index contributed by atoms with van der Waals surface area (Å²) >= 11 is 0. The molecule has 4 N–H and O–H groups in total. The Kier molecular flexibility index (Phi) is 5.94. The van der Waals surface area contributed by atoms with E-state index in [2.05, 4.69) is 9.28 Å². The molecule has 2 rings (SSSR count). The van der Waals surface area contributed by atoms with Crippen molar-refractivity contribution in [2.75, 3.05) is 19.9 Å². The van der Waals surface area contributed by atoms with Crippen LogP contribution in [0.5, 0.6) is 5.75 Å². The van der Waals surface area contributed by atoms with Gasteiger partial charge in [0.05, 0.1) is 13.7 Å². The van der Waals surface area contributed by atoms with E-state index in [9.17, 15) is 13.2 Å². The fraction of sp³-hybridized carbons (Fsp3) is 0.500.